The van der Waals surface area contributed by atoms with Crippen LogP contribution in [0.2, 0.25) is 0 Å². The Morgan fingerprint density at radius 2 is 2.38 bits per heavy atom. The molecule has 0 spiro atoms. The highest BCUT2D eigenvalue weighted by Crippen LogP contribution is 2.17. The van der Waals surface area contributed by atoms with Crippen LogP contribution in [0.4, 0.5) is 0 Å². The monoisotopic (exact) mass is 230 g/mol. The summed E-state index contributed by atoms with van der Waals surface area (Å²) < 4.78 is 4.89. The van der Waals surface area contributed by atoms with Gasteiger partial charge in [0, 0.05) is 26.8 Å². The molecular formula is C11H22N2O3. The minimum atomic E-state index is -0.513. The highest BCUT2D eigenvalue weighted by atomic mass is 16.5. The molecule has 94 valence electrons. The first-order valence-corrected chi connectivity index (χ1v) is 5.77. The van der Waals surface area contributed by atoms with Crippen LogP contribution in [0.25, 0.3) is 0 Å². The van der Waals surface area contributed by atoms with Gasteiger partial charge in [-0.3, -0.25) is 4.79 Å². The van der Waals surface area contributed by atoms with Crippen LogP contribution >= 0.6 is 0 Å². The predicted octanol–water partition coefficient (Wildman–Crippen LogP) is -0.420. The Balaban J connectivity index is 2.42. The summed E-state index contributed by atoms with van der Waals surface area (Å²) in [4.78, 5) is 13.5. The molecule has 0 bridgehead atoms. The molecular weight excluding hydrogens is 208 g/mol. The summed E-state index contributed by atoms with van der Waals surface area (Å²) in [6, 6.07) is -0.513. The Morgan fingerprint density at radius 3 is 2.94 bits per heavy atom. The van der Waals surface area contributed by atoms with Crippen LogP contribution in [-0.4, -0.2) is 54.9 Å². The molecule has 3 atom stereocenters. The van der Waals surface area contributed by atoms with E-state index in [0.29, 0.717) is 26.1 Å². The van der Waals surface area contributed by atoms with Crippen molar-refractivity contribution in [2.24, 2.45) is 11.7 Å². The number of aliphatic hydroxyl groups excluding tert-OH is 1. The molecule has 0 radical (unpaired) electrons. The van der Waals surface area contributed by atoms with Crippen molar-refractivity contribution in [3.63, 3.8) is 0 Å². The average Bonchev–Trinajstić information content (AvgIpc) is 2.28. The molecule has 0 aliphatic carbocycles. The molecule has 0 aromatic rings. The molecule has 1 fully saturated rings. The molecule has 0 aromatic heterocycles. The summed E-state index contributed by atoms with van der Waals surface area (Å²) >= 11 is 0. The third kappa shape index (κ3) is 3.43. The molecule has 3 unspecified atom stereocenters. The zero-order valence-electron chi connectivity index (χ0n) is 10.1. The zero-order valence-corrected chi connectivity index (χ0v) is 10.1. The Hall–Kier alpha value is -0.650. The van der Waals surface area contributed by atoms with Gasteiger partial charge in [0.05, 0.1) is 12.1 Å². The number of hydrogen-bond donors (Lipinski definition) is 2. The summed E-state index contributed by atoms with van der Waals surface area (Å²) in [6.07, 6.45) is 0.939. The number of hydrogen-bond acceptors (Lipinski definition) is 4. The first kappa shape index (κ1) is 13.4. The van der Waals surface area contributed by atoms with Crippen molar-refractivity contribution in [3.8, 4) is 0 Å². The van der Waals surface area contributed by atoms with Gasteiger partial charge in [-0.15, -0.1) is 0 Å². The van der Waals surface area contributed by atoms with Crippen LogP contribution in [-0.2, 0) is 9.53 Å². The topological polar surface area (TPSA) is 75.8 Å². The van der Waals surface area contributed by atoms with E-state index in [0.717, 1.165) is 6.42 Å². The van der Waals surface area contributed by atoms with Gasteiger partial charge < -0.3 is 20.5 Å². The van der Waals surface area contributed by atoms with Crippen molar-refractivity contribution in [2.75, 3.05) is 26.8 Å². The summed E-state index contributed by atoms with van der Waals surface area (Å²) in [5, 5.41) is 9.70. The quantitative estimate of drug-likeness (QED) is 0.688. The summed E-state index contributed by atoms with van der Waals surface area (Å²) in [5.41, 5.74) is 5.76. The lowest BCUT2D eigenvalue weighted by molar-refractivity contribution is -0.137. The van der Waals surface area contributed by atoms with Crippen molar-refractivity contribution >= 4 is 5.91 Å². The minimum Gasteiger partial charge on any atom is -0.391 e. The molecule has 1 aliphatic heterocycles. The van der Waals surface area contributed by atoms with Crippen LogP contribution in [0.3, 0.4) is 0 Å². The second-order valence-electron chi connectivity index (χ2n) is 4.51. The van der Waals surface area contributed by atoms with Crippen LogP contribution in [0, 0.1) is 5.92 Å². The number of β-amino-alcohol motifs (C(OH)–C–C–N with tert-alkyl or cyclic N) is 1. The van der Waals surface area contributed by atoms with Gasteiger partial charge in [-0.2, -0.15) is 0 Å². The molecule has 1 amide bonds. The molecule has 16 heavy (non-hydrogen) atoms. The molecule has 3 N–H and O–H groups in total. The molecule has 1 saturated heterocycles. The van der Waals surface area contributed by atoms with Gasteiger partial charge in [-0.25, -0.2) is 0 Å². The van der Waals surface area contributed by atoms with E-state index >= 15 is 0 Å². The Morgan fingerprint density at radius 1 is 1.69 bits per heavy atom. The lowest BCUT2D eigenvalue weighted by atomic mass is 9.95. The summed E-state index contributed by atoms with van der Waals surface area (Å²) in [5.74, 6) is 0.183. The van der Waals surface area contributed by atoms with Gasteiger partial charge in [0.15, 0.2) is 0 Å². The highest BCUT2D eigenvalue weighted by Gasteiger charge is 2.29. The first-order chi connectivity index (χ1) is 7.56. The average molecular weight is 230 g/mol. The van der Waals surface area contributed by atoms with Crippen LogP contribution < -0.4 is 5.73 Å². The Kier molecular flexibility index (Phi) is 5.18. The fraction of sp³-hybridized carbons (Fsp3) is 0.909. The predicted molar refractivity (Wildman–Crippen MR) is 60.8 cm³/mol. The van der Waals surface area contributed by atoms with Gasteiger partial charge in [0.2, 0.25) is 5.91 Å². The number of aliphatic hydroxyl groups is 1. The smallest absolute Gasteiger partial charge is 0.239 e. The number of piperidine rings is 1. The van der Waals surface area contributed by atoms with Gasteiger partial charge in [-0.05, 0) is 18.8 Å². The normalized spacial score (nSPS) is 27.9. The molecule has 1 aliphatic rings. The van der Waals surface area contributed by atoms with E-state index in [9.17, 15) is 9.90 Å². The minimum absolute atomic E-state index is 0.0806. The van der Waals surface area contributed by atoms with E-state index in [1.54, 1.807) is 12.0 Å². The molecule has 1 rings (SSSR count). The zero-order chi connectivity index (χ0) is 12.1. The number of nitrogens with two attached hydrogens (primary N) is 1. The lowest BCUT2D eigenvalue weighted by Crippen LogP contribution is -2.51. The number of nitrogens with zero attached hydrogens (tertiary/aromatic N) is 1. The van der Waals surface area contributed by atoms with Crippen molar-refractivity contribution in [1.82, 2.24) is 4.90 Å². The number of likely N-dealkylation sites (tertiary alicyclic amines) is 1. The van der Waals surface area contributed by atoms with E-state index in [4.69, 9.17) is 10.5 Å². The van der Waals surface area contributed by atoms with Crippen molar-refractivity contribution in [1.29, 1.82) is 0 Å². The second-order valence-corrected chi connectivity index (χ2v) is 4.51. The molecule has 0 aromatic carbocycles. The van der Waals surface area contributed by atoms with E-state index in [1.807, 2.05) is 6.92 Å². The maximum absolute atomic E-state index is 11.9. The van der Waals surface area contributed by atoms with Crippen molar-refractivity contribution in [3.05, 3.63) is 0 Å². The lowest BCUT2D eigenvalue weighted by Gasteiger charge is -2.35. The Labute approximate surface area is 96.6 Å². The van der Waals surface area contributed by atoms with Crippen molar-refractivity contribution < 1.29 is 14.6 Å². The third-order valence-electron chi connectivity index (χ3n) is 3.18. The van der Waals surface area contributed by atoms with Crippen molar-refractivity contribution in [2.45, 2.75) is 31.9 Å². The van der Waals surface area contributed by atoms with Gasteiger partial charge in [-0.1, -0.05) is 6.92 Å². The third-order valence-corrected chi connectivity index (χ3v) is 3.18. The molecule has 1 heterocycles. The van der Waals surface area contributed by atoms with Crippen LogP contribution in [0.15, 0.2) is 0 Å². The number of rotatable bonds is 4. The largest absolute Gasteiger partial charge is 0.391 e. The van der Waals surface area contributed by atoms with Gasteiger partial charge in [0.25, 0.3) is 0 Å². The Bertz CT molecular complexity index is 235. The standard InChI is InChI=1S/C11H22N2O3/c1-8-3-5-13(7-10(8)14)11(15)9(12)4-6-16-2/h8-10,14H,3-7,12H2,1-2H3. The van der Waals surface area contributed by atoms with E-state index in [-0.39, 0.29) is 11.8 Å². The van der Waals surface area contributed by atoms with E-state index in [1.165, 1.54) is 0 Å². The van der Waals surface area contributed by atoms with E-state index in [2.05, 4.69) is 0 Å². The molecule has 5 nitrogen and oxygen atoms in total. The number of amides is 1. The van der Waals surface area contributed by atoms with Crippen LogP contribution in [0.1, 0.15) is 19.8 Å². The van der Waals surface area contributed by atoms with Gasteiger partial charge in [0.1, 0.15) is 0 Å². The number of carbonyl (C=O) groups is 1. The summed E-state index contributed by atoms with van der Waals surface area (Å²) in [7, 11) is 1.59. The molecule has 0 saturated carbocycles. The number of carbonyl (C=O) groups excluding carboxylic acids is 1. The maximum atomic E-state index is 11.9. The number of methoxy groups -OCH3 is 1. The maximum Gasteiger partial charge on any atom is 0.239 e. The SMILES string of the molecule is COCCC(N)C(=O)N1CCC(C)C(O)C1. The molecule has 5 heteroatoms. The second kappa shape index (κ2) is 6.18. The summed E-state index contributed by atoms with van der Waals surface area (Å²) in [6.45, 7) is 3.58. The van der Waals surface area contributed by atoms with E-state index < -0.39 is 12.1 Å². The fourth-order valence-electron chi connectivity index (χ4n) is 1.85. The highest BCUT2D eigenvalue weighted by molar-refractivity contribution is 5.81. The fourth-order valence-corrected chi connectivity index (χ4v) is 1.85. The first-order valence-electron chi connectivity index (χ1n) is 5.77. The van der Waals surface area contributed by atoms with Gasteiger partial charge >= 0.3 is 0 Å². The van der Waals surface area contributed by atoms with Crippen LogP contribution in [0.5, 0.6) is 0 Å². The number of ether oxygens (including phenoxy) is 1.